The van der Waals surface area contributed by atoms with Crippen LogP contribution in [-0.4, -0.2) is 16.3 Å². The molecule has 114 valence electrons. The second kappa shape index (κ2) is 7.62. The molecular weight excluding hydrogens is 282 g/mol. The molecule has 0 spiro atoms. The van der Waals surface area contributed by atoms with E-state index in [1.165, 1.54) is 11.1 Å². The monoisotopic (exact) mass is 305 g/mol. The smallest absolute Gasteiger partial charge is 0.0834 e. The fraction of sp³-hybridized carbons (Fsp3) is 0.471. The molecule has 2 rings (SSSR count). The first-order chi connectivity index (χ1) is 10.2. The van der Waals surface area contributed by atoms with Crippen molar-refractivity contribution in [2.45, 2.75) is 46.2 Å². The first-order valence-corrected chi connectivity index (χ1v) is 8.03. The van der Waals surface area contributed by atoms with Gasteiger partial charge < -0.3 is 5.32 Å². The number of benzene rings is 1. The van der Waals surface area contributed by atoms with E-state index in [2.05, 4.69) is 55.5 Å². The largest absolute Gasteiger partial charge is 0.309 e. The first-order valence-electron chi connectivity index (χ1n) is 7.65. The van der Waals surface area contributed by atoms with Crippen molar-refractivity contribution < 1.29 is 0 Å². The van der Waals surface area contributed by atoms with Gasteiger partial charge in [-0.15, -0.1) is 0 Å². The minimum Gasteiger partial charge on any atom is -0.309 e. The first kappa shape index (κ1) is 16.1. The number of likely N-dealkylation sites (N-methyl/N-ethyl adjacent to an activating group) is 1. The van der Waals surface area contributed by atoms with Crippen molar-refractivity contribution in [2.75, 3.05) is 6.54 Å². The van der Waals surface area contributed by atoms with Crippen molar-refractivity contribution in [3.8, 4) is 0 Å². The molecule has 1 N–H and O–H groups in total. The molecule has 2 aromatic rings. The highest BCUT2D eigenvalue weighted by atomic mass is 35.5. The third-order valence-corrected chi connectivity index (χ3v) is 3.86. The van der Waals surface area contributed by atoms with Gasteiger partial charge in [-0.1, -0.05) is 55.3 Å². The van der Waals surface area contributed by atoms with E-state index in [-0.39, 0.29) is 6.04 Å². The molecule has 0 fully saturated rings. The predicted molar refractivity (Wildman–Crippen MR) is 88.8 cm³/mol. The molecule has 1 heterocycles. The van der Waals surface area contributed by atoms with E-state index in [0.29, 0.717) is 0 Å². The zero-order valence-corrected chi connectivity index (χ0v) is 13.8. The van der Waals surface area contributed by atoms with Gasteiger partial charge in [0.05, 0.1) is 23.0 Å². The van der Waals surface area contributed by atoms with E-state index in [1.807, 2.05) is 4.68 Å². The number of aryl methyl sites for hydroxylation is 2. The molecule has 21 heavy (non-hydrogen) atoms. The van der Waals surface area contributed by atoms with Crippen LogP contribution >= 0.6 is 11.6 Å². The van der Waals surface area contributed by atoms with E-state index in [1.54, 1.807) is 6.20 Å². The maximum absolute atomic E-state index is 6.39. The molecular formula is C17H24ClN3. The van der Waals surface area contributed by atoms with Crippen LogP contribution < -0.4 is 5.32 Å². The van der Waals surface area contributed by atoms with Gasteiger partial charge in [-0.05, 0) is 31.9 Å². The van der Waals surface area contributed by atoms with Crippen molar-refractivity contribution in [2.24, 2.45) is 0 Å². The van der Waals surface area contributed by atoms with Crippen LogP contribution in [0.15, 0.2) is 30.5 Å². The minimum absolute atomic E-state index is 0.193. The Kier molecular flexibility index (Phi) is 5.83. The van der Waals surface area contributed by atoms with E-state index in [0.717, 1.165) is 36.6 Å². The predicted octanol–water partition coefficient (Wildman–Crippen LogP) is 4.15. The van der Waals surface area contributed by atoms with E-state index in [9.17, 15) is 0 Å². The summed E-state index contributed by atoms with van der Waals surface area (Å²) in [4.78, 5) is 0. The fourth-order valence-corrected chi connectivity index (χ4v) is 2.97. The van der Waals surface area contributed by atoms with E-state index >= 15 is 0 Å². The van der Waals surface area contributed by atoms with Crippen LogP contribution in [0.4, 0.5) is 0 Å². The Morgan fingerprint density at radius 2 is 2.14 bits per heavy atom. The highest BCUT2D eigenvalue weighted by Crippen LogP contribution is 2.26. The molecule has 1 unspecified atom stereocenters. The van der Waals surface area contributed by atoms with Gasteiger partial charge in [0.25, 0.3) is 0 Å². The third-order valence-electron chi connectivity index (χ3n) is 3.57. The summed E-state index contributed by atoms with van der Waals surface area (Å²) in [6.07, 6.45) is 3.73. The molecule has 1 aromatic heterocycles. The van der Waals surface area contributed by atoms with Gasteiger partial charge in [-0.2, -0.15) is 5.10 Å². The van der Waals surface area contributed by atoms with Crippen molar-refractivity contribution in [3.63, 3.8) is 0 Å². The van der Waals surface area contributed by atoms with Crippen molar-refractivity contribution in [3.05, 3.63) is 52.3 Å². The maximum atomic E-state index is 6.39. The van der Waals surface area contributed by atoms with Gasteiger partial charge in [0.15, 0.2) is 0 Å². The van der Waals surface area contributed by atoms with Gasteiger partial charge in [0.1, 0.15) is 0 Å². The van der Waals surface area contributed by atoms with Gasteiger partial charge >= 0.3 is 0 Å². The Morgan fingerprint density at radius 3 is 2.81 bits per heavy atom. The van der Waals surface area contributed by atoms with Crippen LogP contribution in [0.3, 0.4) is 0 Å². The van der Waals surface area contributed by atoms with E-state index in [4.69, 9.17) is 11.6 Å². The molecule has 0 bridgehead atoms. The standard InChI is InChI=1S/C17H24ClN3/c1-4-9-21-17(15(18)12-20-21)16(19-5-2)11-14-8-6-7-13(3)10-14/h6-8,10,12,16,19H,4-5,9,11H2,1-3H3. The zero-order valence-electron chi connectivity index (χ0n) is 13.1. The highest BCUT2D eigenvalue weighted by molar-refractivity contribution is 6.31. The number of hydrogen-bond donors (Lipinski definition) is 1. The topological polar surface area (TPSA) is 29.9 Å². The second-order valence-corrected chi connectivity index (χ2v) is 5.81. The van der Waals surface area contributed by atoms with Crippen LogP contribution in [0.5, 0.6) is 0 Å². The molecule has 1 aromatic carbocycles. The van der Waals surface area contributed by atoms with Crippen LogP contribution in [0.2, 0.25) is 5.02 Å². The molecule has 0 aliphatic carbocycles. The quantitative estimate of drug-likeness (QED) is 0.833. The second-order valence-electron chi connectivity index (χ2n) is 5.40. The SMILES string of the molecule is CCCn1ncc(Cl)c1C(Cc1cccc(C)c1)NCC. The Morgan fingerprint density at radius 1 is 1.33 bits per heavy atom. The fourth-order valence-electron chi connectivity index (χ4n) is 2.70. The summed E-state index contributed by atoms with van der Waals surface area (Å²) < 4.78 is 2.03. The van der Waals surface area contributed by atoms with Crippen molar-refractivity contribution in [1.82, 2.24) is 15.1 Å². The summed E-state index contributed by atoms with van der Waals surface area (Å²) in [5.74, 6) is 0. The van der Waals surface area contributed by atoms with Gasteiger partial charge in [0, 0.05) is 6.54 Å². The summed E-state index contributed by atoms with van der Waals surface area (Å²) >= 11 is 6.39. The Hall–Kier alpha value is -1.32. The molecule has 0 aliphatic heterocycles. The molecule has 4 heteroatoms. The van der Waals surface area contributed by atoms with Crippen LogP contribution in [0.25, 0.3) is 0 Å². The number of rotatable bonds is 7. The van der Waals surface area contributed by atoms with Gasteiger partial charge in [0.2, 0.25) is 0 Å². The molecule has 0 amide bonds. The summed E-state index contributed by atoms with van der Waals surface area (Å²) in [7, 11) is 0. The van der Waals surface area contributed by atoms with Crippen molar-refractivity contribution >= 4 is 11.6 Å². The Labute approximate surface area is 132 Å². The lowest BCUT2D eigenvalue weighted by molar-refractivity contribution is 0.478. The molecule has 0 saturated carbocycles. The maximum Gasteiger partial charge on any atom is 0.0834 e. The zero-order chi connectivity index (χ0) is 15.2. The number of nitrogens with one attached hydrogen (secondary N) is 1. The average molecular weight is 306 g/mol. The Balaban J connectivity index is 2.28. The summed E-state index contributed by atoms with van der Waals surface area (Å²) in [6.45, 7) is 8.21. The molecule has 3 nitrogen and oxygen atoms in total. The van der Waals surface area contributed by atoms with Gasteiger partial charge in [-0.3, -0.25) is 4.68 Å². The number of aromatic nitrogens is 2. The highest BCUT2D eigenvalue weighted by Gasteiger charge is 2.20. The van der Waals surface area contributed by atoms with Crippen LogP contribution in [0.1, 0.15) is 43.1 Å². The Bertz CT molecular complexity index is 577. The lowest BCUT2D eigenvalue weighted by Gasteiger charge is -2.20. The van der Waals surface area contributed by atoms with Crippen molar-refractivity contribution in [1.29, 1.82) is 0 Å². The normalized spacial score (nSPS) is 12.6. The lowest BCUT2D eigenvalue weighted by atomic mass is 10.0. The average Bonchev–Trinajstić information content (AvgIpc) is 2.80. The number of nitrogens with zero attached hydrogens (tertiary/aromatic N) is 2. The number of hydrogen-bond acceptors (Lipinski definition) is 2. The molecule has 0 saturated heterocycles. The summed E-state index contributed by atoms with van der Waals surface area (Å²) in [6, 6.07) is 8.84. The number of halogens is 1. The van der Waals surface area contributed by atoms with E-state index < -0.39 is 0 Å². The lowest BCUT2D eigenvalue weighted by Crippen LogP contribution is -2.26. The van der Waals surface area contributed by atoms with Crippen LogP contribution in [-0.2, 0) is 13.0 Å². The molecule has 0 aliphatic rings. The molecule has 0 radical (unpaired) electrons. The van der Waals surface area contributed by atoms with Crippen LogP contribution in [0, 0.1) is 6.92 Å². The van der Waals surface area contributed by atoms with Gasteiger partial charge in [-0.25, -0.2) is 0 Å². The third kappa shape index (κ3) is 4.08. The summed E-state index contributed by atoms with van der Waals surface area (Å²) in [5, 5.41) is 8.71. The summed E-state index contributed by atoms with van der Waals surface area (Å²) in [5.41, 5.74) is 3.71. The molecule has 1 atom stereocenters. The minimum atomic E-state index is 0.193.